The number of imidazole rings is 1. The van der Waals surface area contributed by atoms with Crippen LogP contribution in [0, 0.1) is 13.8 Å². The second-order valence-corrected chi connectivity index (χ2v) is 8.57. The predicted octanol–water partition coefficient (Wildman–Crippen LogP) is 1.96. The van der Waals surface area contributed by atoms with Gasteiger partial charge in [-0.3, -0.25) is 18.7 Å². The number of anilines is 2. The first-order chi connectivity index (χ1) is 15.8. The summed E-state index contributed by atoms with van der Waals surface area (Å²) in [5.74, 6) is 0.0769. The molecule has 0 unspecified atom stereocenters. The minimum absolute atomic E-state index is 0.0142. The topological polar surface area (TPSA) is 92.5 Å². The second kappa shape index (κ2) is 9.09. The third-order valence-electron chi connectivity index (χ3n) is 6.49. The highest BCUT2D eigenvalue weighted by molar-refractivity contribution is 5.93. The fourth-order valence-electron chi connectivity index (χ4n) is 4.30. The van der Waals surface area contributed by atoms with Gasteiger partial charge in [-0.1, -0.05) is 12.1 Å². The third kappa shape index (κ3) is 4.48. The average Bonchev–Trinajstić information content (AvgIpc) is 3.03. The molecule has 9 nitrogen and oxygen atoms in total. The zero-order chi connectivity index (χ0) is 23.7. The summed E-state index contributed by atoms with van der Waals surface area (Å²) in [5, 5.41) is 2.73. The van der Waals surface area contributed by atoms with Crippen molar-refractivity contribution in [2.45, 2.75) is 26.7 Å². The summed E-state index contributed by atoms with van der Waals surface area (Å²) in [7, 11) is 3.32. The van der Waals surface area contributed by atoms with Gasteiger partial charge in [-0.05, 0) is 43.2 Å². The van der Waals surface area contributed by atoms with E-state index in [4.69, 9.17) is 0 Å². The number of pyridine rings is 1. The van der Waals surface area contributed by atoms with Gasteiger partial charge in [0.25, 0.3) is 0 Å². The maximum atomic E-state index is 12.6. The Bertz CT molecular complexity index is 1270. The van der Waals surface area contributed by atoms with E-state index in [1.807, 2.05) is 4.90 Å². The van der Waals surface area contributed by atoms with E-state index in [0.29, 0.717) is 30.1 Å². The molecule has 0 radical (unpaired) electrons. The molecule has 1 aliphatic rings. The van der Waals surface area contributed by atoms with Crippen molar-refractivity contribution in [3.05, 3.63) is 51.9 Å². The molecular weight excluding hydrogens is 420 g/mol. The van der Waals surface area contributed by atoms with Crippen molar-refractivity contribution in [3.8, 4) is 0 Å². The highest BCUT2D eigenvalue weighted by Gasteiger charge is 2.23. The quantitative estimate of drug-likeness (QED) is 0.642. The predicted molar refractivity (Wildman–Crippen MR) is 129 cm³/mol. The van der Waals surface area contributed by atoms with Crippen molar-refractivity contribution in [2.75, 3.05) is 36.4 Å². The van der Waals surface area contributed by atoms with Crippen molar-refractivity contribution >= 4 is 34.5 Å². The number of hydrogen-bond donors (Lipinski definition) is 1. The van der Waals surface area contributed by atoms with E-state index in [0.717, 1.165) is 13.1 Å². The first-order valence-electron chi connectivity index (χ1n) is 11.2. The summed E-state index contributed by atoms with van der Waals surface area (Å²) in [6, 6.07) is 9.72. The monoisotopic (exact) mass is 450 g/mol. The largest absolute Gasteiger partial charge is 0.368 e. The number of carbonyl (C=O) groups is 2. The Morgan fingerprint density at radius 3 is 2.42 bits per heavy atom. The zero-order valence-electron chi connectivity index (χ0n) is 19.6. The fourth-order valence-corrected chi connectivity index (χ4v) is 4.30. The van der Waals surface area contributed by atoms with Crippen LogP contribution in [0.25, 0.3) is 11.2 Å². The summed E-state index contributed by atoms with van der Waals surface area (Å²) in [4.78, 5) is 45.6. The molecule has 2 amide bonds. The molecule has 0 aliphatic carbocycles. The molecule has 1 fully saturated rings. The van der Waals surface area contributed by atoms with Crippen molar-refractivity contribution in [3.63, 3.8) is 0 Å². The summed E-state index contributed by atoms with van der Waals surface area (Å²) in [6.07, 6.45) is 0.241. The van der Waals surface area contributed by atoms with Gasteiger partial charge in [0, 0.05) is 58.8 Å². The number of nitrogens with one attached hydrogen (secondary N) is 1. The van der Waals surface area contributed by atoms with Gasteiger partial charge in [-0.2, -0.15) is 0 Å². The smallest absolute Gasteiger partial charge is 0.329 e. The first-order valence-corrected chi connectivity index (χ1v) is 11.2. The molecule has 1 aromatic carbocycles. The van der Waals surface area contributed by atoms with Gasteiger partial charge in [0.15, 0.2) is 5.65 Å². The van der Waals surface area contributed by atoms with Crippen LogP contribution in [0.2, 0.25) is 0 Å². The molecule has 33 heavy (non-hydrogen) atoms. The van der Waals surface area contributed by atoms with Gasteiger partial charge < -0.3 is 15.1 Å². The normalized spacial score (nSPS) is 14.1. The zero-order valence-corrected chi connectivity index (χ0v) is 19.6. The van der Waals surface area contributed by atoms with Gasteiger partial charge in [-0.15, -0.1) is 0 Å². The van der Waals surface area contributed by atoms with E-state index < -0.39 is 0 Å². The number of piperazine rings is 1. The molecule has 0 atom stereocenters. The number of hydrogen-bond acceptors (Lipinski definition) is 5. The van der Waals surface area contributed by atoms with Crippen LogP contribution in [-0.4, -0.2) is 57.0 Å². The summed E-state index contributed by atoms with van der Waals surface area (Å²) in [5.41, 5.74) is 4.77. The highest BCUT2D eigenvalue weighted by atomic mass is 16.2. The van der Waals surface area contributed by atoms with E-state index in [1.165, 1.54) is 25.9 Å². The standard InChI is InChI=1S/C24H30N6O3/c1-16-6-5-7-18(17(16)2)29-12-14-30(15-13-29)22(32)11-10-21(31)25-20-9-8-19-23(26-20)28(4)24(33)27(19)3/h5-9H,10-15H2,1-4H3,(H,25,26,31). The van der Waals surface area contributed by atoms with Crippen molar-refractivity contribution in [2.24, 2.45) is 14.1 Å². The molecule has 9 heteroatoms. The number of rotatable bonds is 5. The minimum atomic E-state index is -0.273. The van der Waals surface area contributed by atoms with Gasteiger partial charge in [0.2, 0.25) is 11.8 Å². The Balaban J connectivity index is 1.29. The Hall–Kier alpha value is -3.62. The van der Waals surface area contributed by atoms with E-state index >= 15 is 0 Å². The molecule has 0 spiro atoms. The molecule has 3 heterocycles. The van der Waals surface area contributed by atoms with E-state index in [1.54, 1.807) is 26.2 Å². The molecular formula is C24H30N6O3. The lowest BCUT2D eigenvalue weighted by Gasteiger charge is -2.37. The molecule has 0 bridgehead atoms. The molecule has 1 saturated heterocycles. The van der Waals surface area contributed by atoms with Crippen molar-refractivity contribution in [1.82, 2.24) is 19.0 Å². The Morgan fingerprint density at radius 2 is 1.70 bits per heavy atom. The Labute approximate surface area is 192 Å². The highest BCUT2D eigenvalue weighted by Crippen LogP contribution is 2.24. The van der Waals surface area contributed by atoms with E-state index in [9.17, 15) is 14.4 Å². The molecule has 4 rings (SSSR count). The lowest BCUT2D eigenvalue weighted by molar-refractivity contribution is -0.133. The Kier molecular flexibility index (Phi) is 6.22. The number of nitrogens with zero attached hydrogens (tertiary/aromatic N) is 5. The second-order valence-electron chi connectivity index (χ2n) is 8.57. The summed E-state index contributed by atoms with van der Waals surface area (Å²) in [6.45, 7) is 7.09. The summed E-state index contributed by atoms with van der Waals surface area (Å²) >= 11 is 0. The number of benzene rings is 1. The van der Waals surface area contributed by atoms with Gasteiger partial charge in [0.1, 0.15) is 5.82 Å². The lowest BCUT2D eigenvalue weighted by atomic mass is 10.1. The average molecular weight is 451 g/mol. The number of aryl methyl sites for hydroxylation is 3. The van der Waals surface area contributed by atoms with Gasteiger partial charge >= 0.3 is 5.69 Å². The molecule has 174 valence electrons. The van der Waals surface area contributed by atoms with Crippen molar-refractivity contribution < 1.29 is 9.59 Å². The number of carbonyl (C=O) groups excluding carboxylic acids is 2. The molecule has 0 saturated carbocycles. The van der Waals surface area contributed by atoms with Crippen LogP contribution in [0.4, 0.5) is 11.5 Å². The SMILES string of the molecule is Cc1cccc(N2CCN(C(=O)CCC(=O)Nc3ccc4c(n3)n(C)c(=O)n4C)CC2)c1C. The maximum Gasteiger partial charge on any atom is 0.329 e. The van der Waals surface area contributed by atoms with Crippen LogP contribution in [0.1, 0.15) is 24.0 Å². The number of amides is 2. The van der Waals surface area contributed by atoms with E-state index in [-0.39, 0.29) is 30.3 Å². The van der Waals surface area contributed by atoms with Crippen LogP contribution in [0.15, 0.2) is 35.1 Å². The van der Waals surface area contributed by atoms with E-state index in [2.05, 4.69) is 47.2 Å². The first kappa shape index (κ1) is 22.6. The minimum Gasteiger partial charge on any atom is -0.368 e. The van der Waals surface area contributed by atoms with Crippen LogP contribution in [0.5, 0.6) is 0 Å². The van der Waals surface area contributed by atoms with Gasteiger partial charge in [-0.25, -0.2) is 9.78 Å². The fraction of sp³-hybridized carbons (Fsp3) is 0.417. The number of aromatic nitrogens is 3. The third-order valence-corrected chi connectivity index (χ3v) is 6.49. The maximum absolute atomic E-state index is 12.6. The van der Waals surface area contributed by atoms with Crippen molar-refractivity contribution in [1.29, 1.82) is 0 Å². The number of fused-ring (bicyclic) bond motifs is 1. The lowest BCUT2D eigenvalue weighted by Crippen LogP contribution is -2.49. The molecule has 2 aromatic heterocycles. The molecule has 1 aliphatic heterocycles. The summed E-state index contributed by atoms with van der Waals surface area (Å²) < 4.78 is 2.94. The van der Waals surface area contributed by atoms with Crippen LogP contribution in [-0.2, 0) is 23.7 Å². The van der Waals surface area contributed by atoms with Gasteiger partial charge in [0.05, 0.1) is 5.52 Å². The molecule has 3 aromatic rings. The van der Waals surface area contributed by atoms with Crippen LogP contribution in [0.3, 0.4) is 0 Å². The van der Waals surface area contributed by atoms with Crippen LogP contribution >= 0.6 is 0 Å². The molecule has 1 N–H and O–H groups in total. The van der Waals surface area contributed by atoms with Crippen LogP contribution < -0.4 is 15.9 Å². The Morgan fingerprint density at radius 1 is 0.970 bits per heavy atom.